The second-order valence-electron chi connectivity index (χ2n) is 5.51. The summed E-state index contributed by atoms with van der Waals surface area (Å²) in [5, 5.41) is 0. The lowest BCUT2D eigenvalue weighted by Gasteiger charge is -2.17. The van der Waals surface area contributed by atoms with Gasteiger partial charge in [-0.3, -0.25) is 0 Å². The normalized spacial score (nSPS) is 16.5. The Morgan fingerprint density at radius 1 is 0.667 bits per heavy atom. The Bertz CT molecular complexity index is 175. The number of rotatable bonds is 12. The largest absolute Gasteiger partial charge is 0.330 e. The fraction of sp³-hybridized carbons (Fsp3) is 1.00. The van der Waals surface area contributed by atoms with Gasteiger partial charge in [-0.05, 0) is 51.5 Å². The van der Waals surface area contributed by atoms with Gasteiger partial charge in [-0.15, -0.1) is 0 Å². The molecule has 3 unspecified atom stereocenters. The molecule has 18 heavy (non-hydrogen) atoms. The third-order valence-corrected chi connectivity index (χ3v) is 3.51. The van der Waals surface area contributed by atoms with Gasteiger partial charge in [0.1, 0.15) is 0 Å². The molecule has 0 radical (unpaired) electrons. The number of hydrogen-bond acceptors (Lipinski definition) is 4. The molecule has 4 heteroatoms. The monoisotopic (exact) mass is 258 g/mol. The Kier molecular flexibility index (Phi) is 11.8. The Morgan fingerprint density at radius 3 is 1.56 bits per heavy atom. The molecule has 8 N–H and O–H groups in total. The van der Waals surface area contributed by atoms with E-state index in [1.54, 1.807) is 0 Å². The van der Waals surface area contributed by atoms with E-state index in [4.69, 9.17) is 22.9 Å². The molecular formula is C14H34N4. The van der Waals surface area contributed by atoms with Gasteiger partial charge in [0.25, 0.3) is 0 Å². The lowest BCUT2D eigenvalue weighted by atomic mass is 9.97. The highest BCUT2D eigenvalue weighted by Crippen LogP contribution is 2.10. The molecule has 110 valence electrons. The lowest BCUT2D eigenvalue weighted by Crippen LogP contribution is -2.29. The zero-order valence-corrected chi connectivity index (χ0v) is 12.1. The average Bonchev–Trinajstić information content (AvgIpc) is 2.34. The zero-order valence-electron chi connectivity index (χ0n) is 12.1. The quantitative estimate of drug-likeness (QED) is 0.398. The van der Waals surface area contributed by atoms with Crippen molar-refractivity contribution in [2.24, 2.45) is 22.9 Å². The van der Waals surface area contributed by atoms with Gasteiger partial charge in [-0.25, -0.2) is 0 Å². The minimum Gasteiger partial charge on any atom is -0.330 e. The van der Waals surface area contributed by atoms with Crippen LogP contribution in [0.2, 0.25) is 0 Å². The first-order valence-corrected chi connectivity index (χ1v) is 7.56. The highest BCUT2D eigenvalue weighted by Gasteiger charge is 2.09. The Labute approximate surface area is 113 Å². The first-order valence-electron chi connectivity index (χ1n) is 7.56. The van der Waals surface area contributed by atoms with E-state index in [0.29, 0.717) is 6.04 Å². The van der Waals surface area contributed by atoms with Gasteiger partial charge in [0.2, 0.25) is 0 Å². The number of hydrogen-bond donors (Lipinski definition) is 4. The summed E-state index contributed by atoms with van der Waals surface area (Å²) in [4.78, 5) is 0. The van der Waals surface area contributed by atoms with E-state index in [-0.39, 0.29) is 12.1 Å². The summed E-state index contributed by atoms with van der Waals surface area (Å²) in [5.74, 6) is 0. The molecule has 3 atom stereocenters. The van der Waals surface area contributed by atoms with Crippen molar-refractivity contribution < 1.29 is 0 Å². The molecule has 0 bridgehead atoms. The van der Waals surface area contributed by atoms with Gasteiger partial charge >= 0.3 is 0 Å². The molecule has 0 aliphatic heterocycles. The Balaban J connectivity index is 3.47. The van der Waals surface area contributed by atoms with Crippen LogP contribution in [0.1, 0.15) is 64.7 Å². The molecule has 0 saturated carbocycles. The van der Waals surface area contributed by atoms with Gasteiger partial charge in [-0.1, -0.05) is 19.8 Å². The van der Waals surface area contributed by atoms with Crippen molar-refractivity contribution in [3.8, 4) is 0 Å². The van der Waals surface area contributed by atoms with Crippen molar-refractivity contribution in [3.05, 3.63) is 0 Å². The third-order valence-electron chi connectivity index (χ3n) is 3.51. The van der Waals surface area contributed by atoms with Gasteiger partial charge in [-0.2, -0.15) is 0 Å². The van der Waals surface area contributed by atoms with E-state index in [1.165, 1.54) is 0 Å². The molecule has 0 spiro atoms. The number of nitrogens with two attached hydrogens (primary N) is 4. The predicted molar refractivity (Wildman–Crippen MR) is 80.2 cm³/mol. The van der Waals surface area contributed by atoms with Crippen molar-refractivity contribution >= 4 is 0 Å². The second-order valence-corrected chi connectivity index (χ2v) is 5.51. The molecule has 0 aromatic heterocycles. The fourth-order valence-corrected chi connectivity index (χ4v) is 2.21. The highest BCUT2D eigenvalue weighted by molar-refractivity contribution is 4.71. The number of unbranched alkanes of at least 4 members (excludes halogenated alkanes) is 1. The molecule has 0 heterocycles. The van der Waals surface area contributed by atoms with Crippen molar-refractivity contribution in [1.29, 1.82) is 0 Å². The van der Waals surface area contributed by atoms with Crippen LogP contribution in [0.15, 0.2) is 0 Å². The molecular weight excluding hydrogens is 224 g/mol. The van der Waals surface area contributed by atoms with Gasteiger partial charge in [0, 0.05) is 18.1 Å². The van der Waals surface area contributed by atoms with Gasteiger partial charge < -0.3 is 22.9 Å². The van der Waals surface area contributed by atoms with Crippen LogP contribution < -0.4 is 22.9 Å². The summed E-state index contributed by atoms with van der Waals surface area (Å²) in [6, 6.07) is 0.861. The van der Waals surface area contributed by atoms with E-state index >= 15 is 0 Å². The van der Waals surface area contributed by atoms with Gasteiger partial charge in [0.05, 0.1) is 0 Å². The van der Waals surface area contributed by atoms with E-state index < -0.39 is 0 Å². The molecule has 0 saturated heterocycles. The van der Waals surface area contributed by atoms with Crippen LogP contribution in [0.4, 0.5) is 0 Å². The first kappa shape index (κ1) is 17.8. The molecule has 0 aliphatic rings. The Hall–Kier alpha value is -0.160. The summed E-state index contributed by atoms with van der Waals surface area (Å²) < 4.78 is 0. The maximum atomic E-state index is 6.09. The fourth-order valence-electron chi connectivity index (χ4n) is 2.21. The second kappa shape index (κ2) is 11.9. The minimum absolute atomic E-state index is 0.258. The van der Waals surface area contributed by atoms with Crippen LogP contribution in [0.5, 0.6) is 0 Å². The zero-order chi connectivity index (χ0) is 13.8. The van der Waals surface area contributed by atoms with Crippen molar-refractivity contribution in [2.45, 2.75) is 82.8 Å². The summed E-state index contributed by atoms with van der Waals surface area (Å²) in [6.45, 7) is 2.93. The van der Waals surface area contributed by atoms with E-state index in [0.717, 1.165) is 64.3 Å². The highest BCUT2D eigenvalue weighted by atomic mass is 14.7. The Morgan fingerprint density at radius 2 is 1.11 bits per heavy atom. The maximum absolute atomic E-state index is 6.09. The molecule has 0 rings (SSSR count). The van der Waals surface area contributed by atoms with Crippen LogP contribution in [0.3, 0.4) is 0 Å². The van der Waals surface area contributed by atoms with E-state index in [2.05, 4.69) is 6.92 Å². The topological polar surface area (TPSA) is 104 Å². The van der Waals surface area contributed by atoms with E-state index in [9.17, 15) is 0 Å². The summed E-state index contributed by atoms with van der Waals surface area (Å²) in [7, 11) is 0. The van der Waals surface area contributed by atoms with Crippen molar-refractivity contribution in [1.82, 2.24) is 0 Å². The maximum Gasteiger partial charge on any atom is 0.00399 e. The molecule has 0 aromatic rings. The smallest absolute Gasteiger partial charge is 0.00399 e. The third kappa shape index (κ3) is 11.0. The molecule has 4 nitrogen and oxygen atoms in total. The summed E-state index contributed by atoms with van der Waals surface area (Å²) >= 11 is 0. The van der Waals surface area contributed by atoms with Crippen LogP contribution in [-0.2, 0) is 0 Å². The van der Waals surface area contributed by atoms with Gasteiger partial charge in [0.15, 0.2) is 0 Å². The minimum atomic E-state index is 0.258. The summed E-state index contributed by atoms with van der Waals surface area (Å²) in [6.07, 6.45) is 9.64. The SMILES string of the molecule is CCCC(N)CCC(N)CCC(N)CCCCN. The molecule has 0 aliphatic carbocycles. The van der Waals surface area contributed by atoms with Crippen molar-refractivity contribution in [3.63, 3.8) is 0 Å². The standard InChI is InChI=1S/C14H34N4/c1-2-5-12(16)7-9-14(18)10-8-13(17)6-3-4-11-15/h12-14H,2-11,15-18H2,1H3. The average molecular weight is 258 g/mol. The predicted octanol–water partition coefficient (Wildman–Crippen LogP) is 1.46. The van der Waals surface area contributed by atoms with Crippen LogP contribution in [0, 0.1) is 0 Å². The molecule has 0 fully saturated rings. The van der Waals surface area contributed by atoms with Crippen LogP contribution >= 0.6 is 0 Å². The lowest BCUT2D eigenvalue weighted by molar-refractivity contribution is 0.439. The van der Waals surface area contributed by atoms with Crippen LogP contribution in [-0.4, -0.2) is 24.7 Å². The summed E-state index contributed by atoms with van der Waals surface area (Å²) in [5.41, 5.74) is 23.6. The molecule has 0 aromatic carbocycles. The first-order chi connectivity index (χ1) is 8.60. The van der Waals surface area contributed by atoms with E-state index in [1.807, 2.05) is 0 Å². The van der Waals surface area contributed by atoms with Crippen molar-refractivity contribution in [2.75, 3.05) is 6.54 Å². The molecule has 0 amide bonds. The van der Waals surface area contributed by atoms with Crippen LogP contribution in [0.25, 0.3) is 0 Å².